The van der Waals surface area contributed by atoms with Gasteiger partial charge in [0.2, 0.25) is 0 Å². The molecule has 2 nitrogen and oxygen atoms in total. The molecule has 0 aliphatic heterocycles. The zero-order valence-electron chi connectivity index (χ0n) is 15.0. The molecule has 2 heteroatoms. The Morgan fingerprint density at radius 3 is 2.52 bits per heavy atom. The minimum absolute atomic E-state index is 0.204. The van der Waals surface area contributed by atoms with Crippen molar-refractivity contribution in [3.8, 4) is 11.5 Å². The Kier molecular flexibility index (Phi) is 5.60. The van der Waals surface area contributed by atoms with E-state index in [1.54, 1.807) is 13.2 Å². The molecule has 0 heterocycles. The van der Waals surface area contributed by atoms with Crippen LogP contribution in [0.15, 0.2) is 60.7 Å². The third kappa shape index (κ3) is 4.33. The fraction of sp³-hybridized carbons (Fsp3) is 0.304. The van der Waals surface area contributed by atoms with Crippen LogP contribution in [0.5, 0.6) is 11.5 Å². The van der Waals surface area contributed by atoms with Gasteiger partial charge in [0.1, 0.15) is 0 Å². The number of ether oxygens (including phenoxy) is 1. The fourth-order valence-corrected chi connectivity index (χ4v) is 3.35. The van der Waals surface area contributed by atoms with Gasteiger partial charge in [-0.05, 0) is 65.6 Å². The van der Waals surface area contributed by atoms with Crippen LogP contribution in [-0.2, 0) is 12.8 Å². The van der Waals surface area contributed by atoms with Gasteiger partial charge in [-0.2, -0.15) is 0 Å². The smallest absolute Gasteiger partial charge is 0.160 e. The third-order valence-electron chi connectivity index (χ3n) is 4.96. The normalized spacial score (nSPS) is 12.2. The monoisotopic (exact) mass is 334 g/mol. The maximum absolute atomic E-state index is 9.68. The Bertz CT molecular complexity index is 833. The van der Waals surface area contributed by atoms with E-state index in [4.69, 9.17) is 4.74 Å². The average Bonchev–Trinajstić information content (AvgIpc) is 2.65. The molecule has 1 atom stereocenters. The summed E-state index contributed by atoms with van der Waals surface area (Å²) in [5.41, 5.74) is 2.66. The molecule has 0 amide bonds. The molecule has 0 saturated carbocycles. The van der Waals surface area contributed by atoms with Crippen LogP contribution in [0.4, 0.5) is 0 Å². The van der Waals surface area contributed by atoms with Crippen LogP contribution in [0.3, 0.4) is 0 Å². The molecule has 0 radical (unpaired) electrons. The van der Waals surface area contributed by atoms with Crippen LogP contribution < -0.4 is 4.74 Å². The first-order valence-corrected chi connectivity index (χ1v) is 9.00. The van der Waals surface area contributed by atoms with Crippen molar-refractivity contribution in [3.05, 3.63) is 71.8 Å². The molecule has 0 aromatic heterocycles. The summed E-state index contributed by atoms with van der Waals surface area (Å²) in [6, 6.07) is 20.8. The molecule has 0 bridgehead atoms. The van der Waals surface area contributed by atoms with E-state index >= 15 is 0 Å². The Balaban J connectivity index is 1.57. The second-order valence-electron chi connectivity index (χ2n) is 6.83. The number of hydrogen-bond acceptors (Lipinski definition) is 2. The zero-order chi connectivity index (χ0) is 17.6. The minimum atomic E-state index is 0.204. The van der Waals surface area contributed by atoms with Crippen molar-refractivity contribution >= 4 is 10.8 Å². The molecule has 0 aliphatic rings. The van der Waals surface area contributed by atoms with E-state index in [2.05, 4.69) is 49.4 Å². The van der Waals surface area contributed by atoms with Crippen molar-refractivity contribution in [2.45, 2.75) is 32.6 Å². The molecule has 3 aromatic rings. The van der Waals surface area contributed by atoms with Gasteiger partial charge in [-0.15, -0.1) is 0 Å². The highest BCUT2D eigenvalue weighted by atomic mass is 16.5. The fourth-order valence-electron chi connectivity index (χ4n) is 3.35. The van der Waals surface area contributed by atoms with E-state index in [9.17, 15) is 5.11 Å². The number of phenolic OH excluding ortho intramolecular Hbond substituents is 1. The first-order valence-electron chi connectivity index (χ1n) is 9.00. The van der Waals surface area contributed by atoms with E-state index in [-0.39, 0.29) is 5.75 Å². The predicted octanol–water partition coefficient (Wildman–Crippen LogP) is 5.76. The van der Waals surface area contributed by atoms with E-state index in [0.29, 0.717) is 11.7 Å². The Hall–Kier alpha value is -2.48. The van der Waals surface area contributed by atoms with Crippen LogP contribution in [0, 0.1) is 5.92 Å². The van der Waals surface area contributed by atoms with Crippen molar-refractivity contribution < 1.29 is 9.84 Å². The average molecular weight is 334 g/mol. The molecular weight excluding hydrogens is 308 g/mol. The van der Waals surface area contributed by atoms with E-state index in [0.717, 1.165) is 19.3 Å². The summed E-state index contributed by atoms with van der Waals surface area (Å²) >= 11 is 0. The minimum Gasteiger partial charge on any atom is -0.504 e. The number of rotatable bonds is 7. The van der Waals surface area contributed by atoms with Gasteiger partial charge in [-0.3, -0.25) is 0 Å². The summed E-state index contributed by atoms with van der Waals surface area (Å²) < 4.78 is 5.19. The van der Waals surface area contributed by atoms with Crippen molar-refractivity contribution in [2.75, 3.05) is 7.11 Å². The number of benzene rings is 3. The van der Waals surface area contributed by atoms with Gasteiger partial charge in [0.25, 0.3) is 0 Å². The topological polar surface area (TPSA) is 29.5 Å². The molecule has 0 aliphatic carbocycles. The van der Waals surface area contributed by atoms with Gasteiger partial charge in [-0.1, -0.05) is 55.5 Å². The molecule has 1 unspecified atom stereocenters. The first kappa shape index (κ1) is 17.3. The molecule has 25 heavy (non-hydrogen) atoms. The molecule has 3 aromatic carbocycles. The predicted molar refractivity (Wildman–Crippen MR) is 104 cm³/mol. The lowest BCUT2D eigenvalue weighted by atomic mass is 9.93. The first-order chi connectivity index (χ1) is 12.2. The van der Waals surface area contributed by atoms with Crippen LogP contribution in [0.2, 0.25) is 0 Å². The highest BCUT2D eigenvalue weighted by Crippen LogP contribution is 2.28. The maximum atomic E-state index is 9.68. The van der Waals surface area contributed by atoms with E-state index < -0.39 is 0 Å². The van der Waals surface area contributed by atoms with Gasteiger partial charge in [0.15, 0.2) is 11.5 Å². The lowest BCUT2D eigenvalue weighted by Gasteiger charge is -2.13. The largest absolute Gasteiger partial charge is 0.504 e. The molecule has 0 fully saturated rings. The number of fused-ring (bicyclic) bond motifs is 1. The van der Waals surface area contributed by atoms with E-state index in [1.165, 1.54) is 28.3 Å². The van der Waals surface area contributed by atoms with Crippen LogP contribution >= 0.6 is 0 Å². The van der Waals surface area contributed by atoms with Gasteiger partial charge in [-0.25, -0.2) is 0 Å². The van der Waals surface area contributed by atoms with Gasteiger partial charge >= 0.3 is 0 Å². The number of aromatic hydroxyl groups is 1. The molecule has 0 saturated heterocycles. The van der Waals surface area contributed by atoms with Crippen molar-refractivity contribution in [1.29, 1.82) is 0 Å². The zero-order valence-corrected chi connectivity index (χ0v) is 15.0. The molecule has 1 N–H and O–H groups in total. The van der Waals surface area contributed by atoms with Gasteiger partial charge in [0.05, 0.1) is 7.11 Å². The highest BCUT2D eigenvalue weighted by Gasteiger charge is 2.08. The summed E-state index contributed by atoms with van der Waals surface area (Å²) in [6.07, 6.45) is 4.44. The Morgan fingerprint density at radius 1 is 0.920 bits per heavy atom. The van der Waals surface area contributed by atoms with Gasteiger partial charge in [0, 0.05) is 0 Å². The molecule has 3 rings (SSSR count). The standard InChI is InChI=1S/C23H26O2/c1-17(10-12-18-13-15-22(24)23(16-18)25-2)11-14-20-8-5-7-19-6-3-4-9-21(19)20/h3-9,13,15-17,24H,10-12,14H2,1-2H3. The maximum Gasteiger partial charge on any atom is 0.160 e. The lowest BCUT2D eigenvalue weighted by molar-refractivity contribution is 0.372. The molecule has 0 spiro atoms. The summed E-state index contributed by atoms with van der Waals surface area (Å²) in [7, 11) is 1.59. The van der Waals surface area contributed by atoms with Crippen LogP contribution in [0.1, 0.15) is 30.9 Å². The number of phenols is 1. The van der Waals surface area contributed by atoms with Crippen molar-refractivity contribution in [2.24, 2.45) is 5.92 Å². The Morgan fingerprint density at radius 2 is 1.68 bits per heavy atom. The van der Waals surface area contributed by atoms with Crippen molar-refractivity contribution in [3.63, 3.8) is 0 Å². The summed E-state index contributed by atoms with van der Waals surface area (Å²) in [5, 5.41) is 12.4. The second kappa shape index (κ2) is 8.06. The molecule has 130 valence electrons. The van der Waals surface area contributed by atoms with Crippen LogP contribution in [0.25, 0.3) is 10.8 Å². The SMILES string of the molecule is COc1cc(CCC(C)CCc2cccc3ccccc23)ccc1O. The quantitative estimate of drug-likeness (QED) is 0.595. The number of hydrogen-bond donors (Lipinski definition) is 1. The van der Waals surface area contributed by atoms with Crippen molar-refractivity contribution in [1.82, 2.24) is 0 Å². The van der Waals surface area contributed by atoms with Gasteiger partial charge < -0.3 is 9.84 Å². The highest BCUT2D eigenvalue weighted by molar-refractivity contribution is 5.85. The third-order valence-corrected chi connectivity index (χ3v) is 4.96. The summed E-state index contributed by atoms with van der Waals surface area (Å²) in [6.45, 7) is 2.32. The molecular formula is C23H26O2. The summed E-state index contributed by atoms with van der Waals surface area (Å²) in [5.74, 6) is 1.41. The number of aryl methyl sites for hydroxylation is 2. The Labute approximate surface area is 150 Å². The summed E-state index contributed by atoms with van der Waals surface area (Å²) in [4.78, 5) is 0. The number of methoxy groups -OCH3 is 1. The second-order valence-corrected chi connectivity index (χ2v) is 6.83. The van der Waals surface area contributed by atoms with E-state index in [1.807, 2.05) is 12.1 Å². The van der Waals surface area contributed by atoms with Crippen LogP contribution in [-0.4, -0.2) is 12.2 Å². The lowest BCUT2D eigenvalue weighted by Crippen LogP contribution is -2.00.